The van der Waals surface area contributed by atoms with E-state index in [4.69, 9.17) is 0 Å². The standard InChI is InChI=1S/C20H23N/c1-2-21-15-7-14-20(21)18-10-5-3-8-16(18)12-13-17-9-4-6-11-19(17)20/h3-6,8-11H,2,7,12-15H2,1H3. The predicted molar refractivity (Wildman–Crippen MR) is 87.6 cm³/mol. The number of aryl methyl sites for hydroxylation is 2. The number of likely N-dealkylation sites (tertiary alicyclic amines) is 1. The highest BCUT2D eigenvalue weighted by Crippen LogP contribution is 2.48. The monoisotopic (exact) mass is 277 g/mol. The first-order chi connectivity index (χ1) is 10.4. The Balaban J connectivity index is 2.03. The van der Waals surface area contributed by atoms with Crippen LogP contribution in [0.25, 0.3) is 0 Å². The summed E-state index contributed by atoms with van der Waals surface area (Å²) in [5.41, 5.74) is 6.35. The summed E-state index contributed by atoms with van der Waals surface area (Å²) >= 11 is 0. The molecule has 1 saturated heterocycles. The zero-order valence-corrected chi connectivity index (χ0v) is 12.8. The van der Waals surface area contributed by atoms with Crippen LogP contribution in [-0.4, -0.2) is 18.0 Å². The first-order valence-corrected chi connectivity index (χ1v) is 8.28. The lowest BCUT2D eigenvalue weighted by atomic mass is 9.78. The molecule has 2 aromatic carbocycles. The van der Waals surface area contributed by atoms with Gasteiger partial charge in [-0.3, -0.25) is 4.90 Å². The van der Waals surface area contributed by atoms with E-state index in [2.05, 4.69) is 60.4 Å². The van der Waals surface area contributed by atoms with Gasteiger partial charge in [0.2, 0.25) is 0 Å². The van der Waals surface area contributed by atoms with Gasteiger partial charge in [0.1, 0.15) is 0 Å². The van der Waals surface area contributed by atoms with Crippen molar-refractivity contribution in [2.24, 2.45) is 0 Å². The molecular formula is C20H23N. The van der Waals surface area contributed by atoms with Gasteiger partial charge >= 0.3 is 0 Å². The molecule has 0 saturated carbocycles. The molecule has 1 aliphatic heterocycles. The second kappa shape index (κ2) is 4.99. The lowest BCUT2D eigenvalue weighted by molar-refractivity contribution is 0.187. The molecule has 0 amide bonds. The minimum Gasteiger partial charge on any atom is -0.290 e. The predicted octanol–water partition coefficient (Wildman–Crippen LogP) is 4.14. The minimum atomic E-state index is 0.123. The summed E-state index contributed by atoms with van der Waals surface area (Å²) in [5, 5.41) is 0. The van der Waals surface area contributed by atoms with Crippen molar-refractivity contribution in [1.29, 1.82) is 0 Å². The van der Waals surface area contributed by atoms with Gasteiger partial charge in [0, 0.05) is 0 Å². The van der Waals surface area contributed by atoms with Crippen molar-refractivity contribution in [2.75, 3.05) is 13.1 Å². The maximum atomic E-state index is 2.70. The fourth-order valence-corrected chi connectivity index (χ4v) is 4.61. The van der Waals surface area contributed by atoms with Crippen LogP contribution in [0.5, 0.6) is 0 Å². The Kier molecular flexibility index (Phi) is 3.11. The lowest BCUT2D eigenvalue weighted by Crippen LogP contribution is -2.42. The Morgan fingerprint density at radius 1 is 0.905 bits per heavy atom. The SMILES string of the molecule is CCN1CCCC12c1ccccc1CCc1ccccc12. The third-order valence-corrected chi connectivity index (χ3v) is 5.48. The number of benzene rings is 2. The van der Waals surface area contributed by atoms with Crippen LogP contribution in [0.4, 0.5) is 0 Å². The van der Waals surface area contributed by atoms with Crippen LogP contribution in [0, 0.1) is 0 Å². The van der Waals surface area contributed by atoms with Crippen LogP contribution >= 0.6 is 0 Å². The molecule has 2 aromatic rings. The van der Waals surface area contributed by atoms with E-state index in [0.29, 0.717) is 0 Å². The first-order valence-electron chi connectivity index (χ1n) is 8.28. The van der Waals surface area contributed by atoms with Crippen molar-refractivity contribution in [3.8, 4) is 0 Å². The van der Waals surface area contributed by atoms with Gasteiger partial charge in [0.15, 0.2) is 0 Å². The van der Waals surface area contributed by atoms with Gasteiger partial charge in [-0.15, -0.1) is 0 Å². The Morgan fingerprint density at radius 2 is 1.48 bits per heavy atom. The molecule has 0 N–H and O–H groups in total. The first kappa shape index (κ1) is 13.1. The van der Waals surface area contributed by atoms with E-state index in [1.54, 1.807) is 22.3 Å². The Morgan fingerprint density at radius 3 is 2.05 bits per heavy atom. The van der Waals surface area contributed by atoms with Crippen molar-refractivity contribution in [3.63, 3.8) is 0 Å². The fourth-order valence-electron chi connectivity index (χ4n) is 4.61. The summed E-state index contributed by atoms with van der Waals surface area (Å²) < 4.78 is 0. The fraction of sp³-hybridized carbons (Fsp3) is 0.400. The van der Waals surface area contributed by atoms with Gasteiger partial charge in [-0.05, 0) is 61.0 Å². The zero-order chi connectivity index (χ0) is 14.3. The van der Waals surface area contributed by atoms with E-state index >= 15 is 0 Å². The molecule has 0 unspecified atom stereocenters. The molecule has 2 aliphatic rings. The molecule has 108 valence electrons. The summed E-state index contributed by atoms with van der Waals surface area (Å²) in [6.07, 6.45) is 4.91. The van der Waals surface area contributed by atoms with Gasteiger partial charge in [-0.2, -0.15) is 0 Å². The molecule has 1 nitrogen and oxygen atoms in total. The number of hydrogen-bond donors (Lipinski definition) is 0. The molecular weight excluding hydrogens is 254 g/mol. The van der Waals surface area contributed by atoms with E-state index in [1.165, 1.54) is 32.2 Å². The van der Waals surface area contributed by atoms with Crippen molar-refractivity contribution in [1.82, 2.24) is 4.90 Å². The van der Waals surface area contributed by atoms with E-state index in [9.17, 15) is 0 Å². The summed E-state index contributed by atoms with van der Waals surface area (Å²) in [6, 6.07) is 18.3. The normalized spacial score (nSPS) is 20.0. The van der Waals surface area contributed by atoms with Crippen LogP contribution in [0.15, 0.2) is 48.5 Å². The van der Waals surface area contributed by atoms with Crippen LogP contribution < -0.4 is 0 Å². The Labute approximate surface area is 127 Å². The highest BCUT2D eigenvalue weighted by Gasteiger charge is 2.46. The summed E-state index contributed by atoms with van der Waals surface area (Å²) in [7, 11) is 0. The average Bonchev–Trinajstić information content (AvgIpc) is 2.91. The maximum Gasteiger partial charge on any atom is 0.0721 e. The smallest absolute Gasteiger partial charge is 0.0721 e. The Hall–Kier alpha value is -1.60. The third-order valence-electron chi connectivity index (χ3n) is 5.48. The average molecular weight is 277 g/mol. The van der Waals surface area contributed by atoms with E-state index in [-0.39, 0.29) is 5.54 Å². The van der Waals surface area contributed by atoms with Gasteiger partial charge in [0.05, 0.1) is 5.54 Å². The molecule has 4 rings (SSSR count). The van der Waals surface area contributed by atoms with Crippen molar-refractivity contribution in [2.45, 2.75) is 38.1 Å². The third kappa shape index (κ3) is 1.80. The molecule has 21 heavy (non-hydrogen) atoms. The van der Waals surface area contributed by atoms with Crippen LogP contribution in [0.2, 0.25) is 0 Å². The summed E-state index contributed by atoms with van der Waals surface area (Å²) in [4.78, 5) is 2.70. The largest absolute Gasteiger partial charge is 0.290 e. The highest BCUT2D eigenvalue weighted by atomic mass is 15.2. The minimum absolute atomic E-state index is 0.123. The van der Waals surface area contributed by atoms with Gasteiger partial charge in [0.25, 0.3) is 0 Å². The van der Waals surface area contributed by atoms with Crippen LogP contribution in [0.1, 0.15) is 42.0 Å². The number of fused-ring (bicyclic) bond motifs is 4. The number of hydrogen-bond acceptors (Lipinski definition) is 1. The van der Waals surface area contributed by atoms with Crippen molar-refractivity contribution in [3.05, 3.63) is 70.8 Å². The molecule has 1 heterocycles. The molecule has 1 spiro atoms. The summed E-state index contributed by atoms with van der Waals surface area (Å²) in [6.45, 7) is 4.66. The van der Waals surface area contributed by atoms with Crippen molar-refractivity contribution < 1.29 is 0 Å². The van der Waals surface area contributed by atoms with Crippen molar-refractivity contribution >= 4 is 0 Å². The van der Waals surface area contributed by atoms with Gasteiger partial charge < -0.3 is 0 Å². The second-order valence-electron chi connectivity index (χ2n) is 6.36. The quantitative estimate of drug-likeness (QED) is 0.757. The van der Waals surface area contributed by atoms with Gasteiger partial charge in [-0.25, -0.2) is 0 Å². The number of rotatable bonds is 1. The van der Waals surface area contributed by atoms with Gasteiger partial charge in [-0.1, -0.05) is 55.5 Å². The molecule has 1 heteroatoms. The van der Waals surface area contributed by atoms with E-state index < -0.39 is 0 Å². The maximum absolute atomic E-state index is 2.70. The van der Waals surface area contributed by atoms with Crippen LogP contribution in [-0.2, 0) is 18.4 Å². The lowest BCUT2D eigenvalue weighted by Gasteiger charge is -2.40. The van der Waals surface area contributed by atoms with Crippen LogP contribution in [0.3, 0.4) is 0 Å². The highest BCUT2D eigenvalue weighted by molar-refractivity contribution is 5.50. The summed E-state index contributed by atoms with van der Waals surface area (Å²) in [5.74, 6) is 0. The number of nitrogens with zero attached hydrogens (tertiary/aromatic N) is 1. The topological polar surface area (TPSA) is 3.24 Å². The van der Waals surface area contributed by atoms with E-state index in [1.807, 2.05) is 0 Å². The molecule has 0 bridgehead atoms. The molecule has 1 fully saturated rings. The molecule has 0 radical (unpaired) electrons. The zero-order valence-electron chi connectivity index (χ0n) is 12.8. The molecule has 0 atom stereocenters. The Bertz CT molecular complexity index is 611. The molecule has 0 aromatic heterocycles. The molecule has 1 aliphatic carbocycles. The van der Waals surface area contributed by atoms with E-state index in [0.717, 1.165) is 6.54 Å². The second-order valence-corrected chi connectivity index (χ2v) is 6.36.